The van der Waals surface area contributed by atoms with E-state index in [0.717, 1.165) is 28.3 Å². The van der Waals surface area contributed by atoms with Gasteiger partial charge < -0.3 is 15.0 Å². The fourth-order valence-corrected chi connectivity index (χ4v) is 3.90. The van der Waals surface area contributed by atoms with Crippen LogP contribution in [-0.4, -0.2) is 23.9 Å². The van der Waals surface area contributed by atoms with Crippen LogP contribution in [0.5, 0.6) is 0 Å². The second-order valence-corrected chi connectivity index (χ2v) is 7.68. The van der Waals surface area contributed by atoms with E-state index < -0.39 is 0 Å². The van der Waals surface area contributed by atoms with Crippen LogP contribution in [0.4, 0.5) is 0 Å². The highest BCUT2D eigenvalue weighted by molar-refractivity contribution is 5.96. The van der Waals surface area contributed by atoms with Crippen LogP contribution in [0, 0.1) is 0 Å². The Labute approximate surface area is 189 Å². The van der Waals surface area contributed by atoms with Gasteiger partial charge in [0, 0.05) is 5.70 Å². The topological polar surface area (TPSA) is 53.9 Å². The summed E-state index contributed by atoms with van der Waals surface area (Å²) in [5, 5.41) is 3.52. The molecule has 0 bridgehead atoms. The molecule has 4 rings (SSSR count). The van der Waals surface area contributed by atoms with E-state index >= 15 is 0 Å². The lowest BCUT2D eigenvalue weighted by molar-refractivity contribution is -0.136. The van der Waals surface area contributed by atoms with Gasteiger partial charge in [-0.1, -0.05) is 91.0 Å². The smallest absolute Gasteiger partial charge is 0.337 e. The molecular formula is C27H27N3O2. The molecular weight excluding hydrogens is 398 g/mol. The predicted octanol–water partition coefficient (Wildman–Crippen LogP) is 4.84. The van der Waals surface area contributed by atoms with Gasteiger partial charge in [0.05, 0.1) is 31.8 Å². The summed E-state index contributed by atoms with van der Waals surface area (Å²) < 4.78 is 5.17. The Kier molecular flexibility index (Phi) is 6.66. The first-order valence-corrected chi connectivity index (χ1v) is 10.7. The molecule has 3 aromatic carbocycles. The number of guanidine groups is 1. The molecule has 1 aliphatic heterocycles. The van der Waals surface area contributed by atoms with E-state index in [1.807, 2.05) is 73.7 Å². The van der Waals surface area contributed by atoms with Gasteiger partial charge in [-0.05, 0) is 23.6 Å². The molecule has 5 nitrogen and oxygen atoms in total. The molecule has 0 aliphatic carbocycles. The van der Waals surface area contributed by atoms with E-state index in [0.29, 0.717) is 18.7 Å². The van der Waals surface area contributed by atoms with Gasteiger partial charge in [0.25, 0.3) is 0 Å². The quantitative estimate of drug-likeness (QED) is 0.575. The molecule has 1 N–H and O–H groups in total. The normalized spacial score (nSPS) is 17.2. The number of esters is 1. The van der Waals surface area contributed by atoms with Crippen molar-refractivity contribution in [2.24, 2.45) is 4.99 Å². The van der Waals surface area contributed by atoms with Gasteiger partial charge in [0.1, 0.15) is 0 Å². The number of allylic oxidation sites excluding steroid dienone is 1. The standard InChI is InChI=1S/C27H27N3O2/c1-20-24(26(31)32-2)25(23-16-10-5-11-17-23)29-27(28-18-21-12-6-3-7-13-21)30(20)19-22-14-8-4-9-15-22/h3-17,25H,18-19H2,1-2H3,(H,28,29)/t25-/m0/s1. The van der Waals surface area contributed by atoms with Gasteiger partial charge in [-0.2, -0.15) is 0 Å². The van der Waals surface area contributed by atoms with E-state index in [-0.39, 0.29) is 12.0 Å². The molecule has 162 valence electrons. The van der Waals surface area contributed by atoms with Crippen molar-refractivity contribution in [3.63, 3.8) is 0 Å². The lowest BCUT2D eigenvalue weighted by Gasteiger charge is -2.38. The van der Waals surface area contributed by atoms with Gasteiger partial charge >= 0.3 is 5.97 Å². The van der Waals surface area contributed by atoms with Crippen molar-refractivity contribution < 1.29 is 9.53 Å². The van der Waals surface area contributed by atoms with Gasteiger partial charge in [0.15, 0.2) is 5.96 Å². The molecule has 1 atom stereocenters. The van der Waals surface area contributed by atoms with Crippen LogP contribution in [0.2, 0.25) is 0 Å². The highest BCUT2D eigenvalue weighted by atomic mass is 16.5. The second kappa shape index (κ2) is 9.96. The summed E-state index contributed by atoms with van der Waals surface area (Å²) in [5.41, 5.74) is 4.66. The molecule has 0 unspecified atom stereocenters. The highest BCUT2D eigenvalue weighted by Gasteiger charge is 2.35. The lowest BCUT2D eigenvalue weighted by atomic mass is 9.94. The maximum atomic E-state index is 12.9. The third-order valence-electron chi connectivity index (χ3n) is 5.59. The summed E-state index contributed by atoms with van der Waals surface area (Å²) in [6, 6.07) is 29.9. The van der Waals surface area contributed by atoms with Crippen LogP contribution in [0.1, 0.15) is 29.7 Å². The van der Waals surface area contributed by atoms with E-state index in [2.05, 4.69) is 34.5 Å². The van der Waals surface area contributed by atoms with Gasteiger partial charge in [-0.15, -0.1) is 0 Å². The molecule has 32 heavy (non-hydrogen) atoms. The number of carbonyl (C=O) groups excluding carboxylic acids is 1. The van der Waals surface area contributed by atoms with Crippen molar-refractivity contribution in [3.8, 4) is 0 Å². The minimum Gasteiger partial charge on any atom is -0.466 e. The highest BCUT2D eigenvalue weighted by Crippen LogP contribution is 2.32. The first kappa shape index (κ1) is 21.4. The molecule has 3 aromatic rings. The van der Waals surface area contributed by atoms with Crippen LogP contribution in [0.3, 0.4) is 0 Å². The molecule has 0 saturated carbocycles. The zero-order valence-corrected chi connectivity index (χ0v) is 18.4. The molecule has 1 aliphatic rings. The number of rotatable bonds is 6. The summed E-state index contributed by atoms with van der Waals surface area (Å²) in [6.45, 7) is 3.09. The van der Waals surface area contributed by atoms with Gasteiger partial charge in [-0.25, -0.2) is 9.79 Å². The van der Waals surface area contributed by atoms with Crippen LogP contribution in [0.25, 0.3) is 0 Å². The summed E-state index contributed by atoms with van der Waals surface area (Å²) in [4.78, 5) is 19.8. The van der Waals surface area contributed by atoms with Crippen LogP contribution in [-0.2, 0) is 22.6 Å². The lowest BCUT2D eigenvalue weighted by Crippen LogP contribution is -2.48. The fraction of sp³-hybridized carbons (Fsp3) is 0.185. The molecule has 1 heterocycles. The van der Waals surface area contributed by atoms with Crippen LogP contribution in [0.15, 0.2) is 107 Å². The summed E-state index contributed by atoms with van der Waals surface area (Å²) >= 11 is 0. The van der Waals surface area contributed by atoms with Crippen molar-refractivity contribution in [3.05, 3.63) is 119 Å². The van der Waals surface area contributed by atoms with Crippen LogP contribution < -0.4 is 5.32 Å². The molecule has 0 fully saturated rings. The number of hydrogen-bond donors (Lipinski definition) is 1. The third kappa shape index (κ3) is 4.72. The molecule has 0 saturated heterocycles. The summed E-state index contributed by atoms with van der Waals surface area (Å²) in [6.07, 6.45) is 0. The fourth-order valence-electron chi connectivity index (χ4n) is 3.90. The maximum Gasteiger partial charge on any atom is 0.337 e. The second-order valence-electron chi connectivity index (χ2n) is 7.68. The van der Waals surface area contributed by atoms with Crippen molar-refractivity contribution in [1.29, 1.82) is 0 Å². The Hall–Kier alpha value is -3.86. The SMILES string of the molecule is COC(=O)C1=C(C)N(Cc2ccccc2)C(=NCc2ccccc2)N[C@H]1c1ccccc1. The van der Waals surface area contributed by atoms with Crippen molar-refractivity contribution >= 4 is 11.9 Å². The molecule has 0 radical (unpaired) electrons. The number of methoxy groups -OCH3 is 1. The Morgan fingerprint density at radius 3 is 2.06 bits per heavy atom. The number of ether oxygens (including phenoxy) is 1. The van der Waals surface area contributed by atoms with Gasteiger partial charge in [0.2, 0.25) is 0 Å². The largest absolute Gasteiger partial charge is 0.466 e. The van der Waals surface area contributed by atoms with E-state index in [1.54, 1.807) is 0 Å². The number of aliphatic imine (C=N–C) groups is 1. The van der Waals surface area contributed by atoms with Gasteiger partial charge in [-0.3, -0.25) is 0 Å². The van der Waals surface area contributed by atoms with E-state index in [4.69, 9.17) is 9.73 Å². The number of benzene rings is 3. The number of nitrogens with one attached hydrogen (secondary N) is 1. The zero-order chi connectivity index (χ0) is 22.3. The number of carbonyl (C=O) groups is 1. The Morgan fingerprint density at radius 2 is 1.47 bits per heavy atom. The van der Waals surface area contributed by atoms with E-state index in [9.17, 15) is 4.79 Å². The minimum atomic E-state index is -0.343. The van der Waals surface area contributed by atoms with Crippen molar-refractivity contribution in [2.45, 2.75) is 26.1 Å². The first-order valence-electron chi connectivity index (χ1n) is 10.7. The monoisotopic (exact) mass is 425 g/mol. The predicted molar refractivity (Wildman–Crippen MR) is 127 cm³/mol. The number of hydrogen-bond acceptors (Lipinski definition) is 3. The Bertz CT molecular complexity index is 1110. The Morgan fingerprint density at radius 1 is 0.906 bits per heavy atom. The van der Waals surface area contributed by atoms with Crippen LogP contribution >= 0.6 is 0 Å². The maximum absolute atomic E-state index is 12.9. The first-order chi connectivity index (χ1) is 15.7. The average Bonchev–Trinajstić information content (AvgIpc) is 2.85. The number of nitrogens with zero attached hydrogens (tertiary/aromatic N) is 2. The molecule has 0 spiro atoms. The summed E-state index contributed by atoms with van der Waals surface area (Å²) in [7, 11) is 1.42. The average molecular weight is 426 g/mol. The molecule has 5 heteroatoms. The summed E-state index contributed by atoms with van der Waals surface area (Å²) in [5.74, 6) is 0.390. The van der Waals surface area contributed by atoms with Crippen molar-refractivity contribution in [2.75, 3.05) is 7.11 Å². The Balaban J connectivity index is 1.78. The minimum absolute atomic E-state index is 0.342. The third-order valence-corrected chi connectivity index (χ3v) is 5.59. The van der Waals surface area contributed by atoms with E-state index in [1.165, 1.54) is 7.11 Å². The zero-order valence-electron chi connectivity index (χ0n) is 18.4. The molecule has 0 aromatic heterocycles. The molecule has 0 amide bonds. The van der Waals surface area contributed by atoms with Crippen molar-refractivity contribution in [1.82, 2.24) is 10.2 Å².